The highest BCUT2D eigenvalue weighted by Crippen LogP contribution is 2.39. The third-order valence-corrected chi connectivity index (χ3v) is 6.99. The molecule has 1 aromatic carbocycles. The van der Waals surface area contributed by atoms with Gasteiger partial charge in [-0.2, -0.15) is 0 Å². The number of carboxylic acid groups (broad SMARTS) is 3. The Balaban J connectivity index is 0.000000420. The van der Waals surface area contributed by atoms with Crippen LogP contribution in [0.5, 0.6) is 17.2 Å². The van der Waals surface area contributed by atoms with Gasteiger partial charge in [-0.3, -0.25) is 19.5 Å². The van der Waals surface area contributed by atoms with E-state index in [0.29, 0.717) is 24.1 Å². The van der Waals surface area contributed by atoms with Gasteiger partial charge < -0.3 is 40.3 Å². The van der Waals surface area contributed by atoms with Gasteiger partial charge in [-0.15, -0.1) is 0 Å². The van der Waals surface area contributed by atoms with E-state index in [-0.39, 0.29) is 16.8 Å². The molecule has 0 unspecified atom stereocenters. The van der Waals surface area contributed by atoms with Gasteiger partial charge in [0.05, 0.1) is 32.8 Å². The highest BCUT2D eigenvalue weighted by molar-refractivity contribution is 5.88. The molecule has 238 valence electrons. The summed E-state index contributed by atoms with van der Waals surface area (Å²) in [4.78, 5) is 37.5. The first kappa shape index (κ1) is 35.3. The first-order valence-corrected chi connectivity index (χ1v) is 13.7. The van der Waals surface area contributed by atoms with Gasteiger partial charge in [0.2, 0.25) is 5.75 Å². The quantitative estimate of drug-likeness (QED) is 0.207. The number of phenolic OH excluding ortho intramolecular Hbond substituents is 1. The number of aliphatic carboxylic acids is 3. The van der Waals surface area contributed by atoms with Crippen molar-refractivity contribution in [1.29, 1.82) is 0 Å². The third kappa shape index (κ3) is 10.7. The van der Waals surface area contributed by atoms with Gasteiger partial charge in [0.15, 0.2) is 17.1 Å². The molecule has 13 heteroatoms. The fourth-order valence-corrected chi connectivity index (χ4v) is 5.53. The maximum absolute atomic E-state index is 10.3. The number of benzene rings is 1. The van der Waals surface area contributed by atoms with E-state index in [4.69, 9.17) is 29.9 Å². The Labute approximate surface area is 251 Å². The molecule has 0 bridgehead atoms. The zero-order valence-electron chi connectivity index (χ0n) is 25.5. The zero-order chi connectivity index (χ0) is 32.6. The number of pyridine rings is 1. The average molecular weight is 606 g/mol. The van der Waals surface area contributed by atoms with Crippen LogP contribution in [0.1, 0.15) is 64.6 Å². The molecule has 2 aromatic rings. The standard InChI is InChI=1S/C24H35N3O3.C6H8O7/c1-23(2)13-19(14-24(3,4)26-23)27(16-18-9-7-8-10-25-18)15-17-11-20(29-5)22(28)21(12-17)30-6;7-3(8)1-6(13,5(11)12)2-4(9)10/h7-12,19,26,28H,13-16H2,1-6H3;13H,1-2H2,(H,7,8)(H,9,10)(H,11,12). The van der Waals surface area contributed by atoms with Crippen molar-refractivity contribution in [1.82, 2.24) is 15.2 Å². The van der Waals surface area contributed by atoms with E-state index in [9.17, 15) is 19.5 Å². The molecule has 0 saturated carbocycles. The van der Waals surface area contributed by atoms with E-state index in [0.717, 1.165) is 30.6 Å². The molecule has 43 heavy (non-hydrogen) atoms. The smallest absolute Gasteiger partial charge is 0.336 e. The molecule has 6 N–H and O–H groups in total. The third-order valence-electron chi connectivity index (χ3n) is 6.99. The molecular weight excluding hydrogens is 562 g/mol. The number of phenols is 1. The number of ether oxygens (including phenoxy) is 2. The minimum atomic E-state index is -2.74. The Morgan fingerprint density at radius 2 is 1.47 bits per heavy atom. The molecule has 1 saturated heterocycles. The van der Waals surface area contributed by atoms with Gasteiger partial charge in [-0.05, 0) is 70.4 Å². The van der Waals surface area contributed by atoms with Crippen molar-refractivity contribution in [3.8, 4) is 17.2 Å². The van der Waals surface area contributed by atoms with Crippen molar-refractivity contribution >= 4 is 17.9 Å². The fraction of sp³-hybridized carbons (Fsp3) is 0.533. The van der Waals surface area contributed by atoms with Crippen molar-refractivity contribution in [3.05, 3.63) is 47.8 Å². The summed E-state index contributed by atoms with van der Waals surface area (Å²) in [5.74, 6) is -4.14. The summed E-state index contributed by atoms with van der Waals surface area (Å²) in [5, 5.41) is 47.9. The van der Waals surface area contributed by atoms with Crippen molar-refractivity contribution in [2.45, 2.75) is 89.2 Å². The van der Waals surface area contributed by atoms with Crippen LogP contribution >= 0.6 is 0 Å². The molecule has 0 aliphatic carbocycles. The number of hydrogen-bond acceptors (Lipinski definition) is 10. The Hall–Kier alpha value is -3.94. The van der Waals surface area contributed by atoms with Crippen LogP contribution in [0.3, 0.4) is 0 Å². The van der Waals surface area contributed by atoms with E-state index < -0.39 is 36.4 Å². The monoisotopic (exact) mass is 605 g/mol. The number of nitrogens with zero attached hydrogens (tertiary/aromatic N) is 2. The van der Waals surface area contributed by atoms with E-state index >= 15 is 0 Å². The Morgan fingerprint density at radius 1 is 0.953 bits per heavy atom. The first-order chi connectivity index (χ1) is 19.9. The van der Waals surface area contributed by atoms with Gasteiger partial charge in [0, 0.05) is 36.4 Å². The maximum atomic E-state index is 10.3. The second-order valence-corrected chi connectivity index (χ2v) is 12.0. The molecule has 1 aliphatic heterocycles. The summed E-state index contributed by atoms with van der Waals surface area (Å²) in [6.45, 7) is 10.5. The molecule has 3 rings (SSSR count). The lowest BCUT2D eigenvalue weighted by Crippen LogP contribution is -2.62. The van der Waals surface area contributed by atoms with Crippen molar-refractivity contribution in [2.75, 3.05) is 14.2 Å². The summed E-state index contributed by atoms with van der Waals surface area (Å²) >= 11 is 0. The summed E-state index contributed by atoms with van der Waals surface area (Å²) in [5.41, 5.74) is -0.577. The molecule has 0 atom stereocenters. The van der Waals surface area contributed by atoms with Crippen LogP contribution in [0.2, 0.25) is 0 Å². The Bertz CT molecular complexity index is 1210. The van der Waals surface area contributed by atoms with Gasteiger partial charge in [0.25, 0.3) is 0 Å². The largest absolute Gasteiger partial charge is 0.502 e. The number of methoxy groups -OCH3 is 2. The predicted octanol–water partition coefficient (Wildman–Crippen LogP) is 2.87. The number of aliphatic hydroxyl groups is 1. The molecular formula is C30H43N3O10. The number of aromatic hydroxyl groups is 1. The molecule has 2 heterocycles. The number of hydrogen-bond donors (Lipinski definition) is 6. The fourth-order valence-electron chi connectivity index (χ4n) is 5.53. The van der Waals surface area contributed by atoms with Crippen LogP contribution in [0.15, 0.2) is 36.5 Å². The predicted molar refractivity (Wildman–Crippen MR) is 156 cm³/mol. The van der Waals surface area contributed by atoms with Crippen molar-refractivity contribution < 1.29 is 49.4 Å². The summed E-state index contributed by atoms with van der Waals surface area (Å²) < 4.78 is 10.7. The van der Waals surface area contributed by atoms with E-state index in [1.807, 2.05) is 30.5 Å². The zero-order valence-corrected chi connectivity index (χ0v) is 25.5. The van der Waals surface area contributed by atoms with Crippen LogP contribution in [-0.4, -0.2) is 90.3 Å². The second kappa shape index (κ2) is 14.5. The van der Waals surface area contributed by atoms with Crippen LogP contribution in [-0.2, 0) is 27.5 Å². The Kier molecular flexibility index (Phi) is 11.9. The lowest BCUT2D eigenvalue weighted by Gasteiger charge is -2.49. The Morgan fingerprint density at radius 3 is 1.86 bits per heavy atom. The number of piperidine rings is 1. The lowest BCUT2D eigenvalue weighted by molar-refractivity contribution is -0.170. The van der Waals surface area contributed by atoms with Gasteiger partial charge in [-0.1, -0.05) is 6.07 Å². The number of rotatable bonds is 12. The van der Waals surface area contributed by atoms with Crippen LogP contribution in [0.4, 0.5) is 0 Å². The average Bonchev–Trinajstić information content (AvgIpc) is 2.87. The summed E-state index contributed by atoms with van der Waals surface area (Å²) in [6, 6.07) is 10.2. The molecule has 1 aromatic heterocycles. The molecule has 0 spiro atoms. The molecule has 0 amide bonds. The first-order valence-electron chi connectivity index (χ1n) is 13.7. The SMILES string of the molecule is COc1cc(CN(Cc2ccccn2)C2CC(C)(C)NC(C)(C)C2)cc(OC)c1O.O=C(O)CC(O)(CC(=O)O)C(=O)O. The number of nitrogens with one attached hydrogen (secondary N) is 1. The highest BCUT2D eigenvalue weighted by Gasteiger charge is 2.41. The lowest BCUT2D eigenvalue weighted by atomic mass is 9.79. The van der Waals surface area contributed by atoms with Crippen LogP contribution in [0.25, 0.3) is 0 Å². The van der Waals surface area contributed by atoms with Gasteiger partial charge >= 0.3 is 17.9 Å². The van der Waals surface area contributed by atoms with Crippen molar-refractivity contribution in [2.24, 2.45) is 0 Å². The van der Waals surface area contributed by atoms with Gasteiger partial charge in [0.1, 0.15) is 0 Å². The maximum Gasteiger partial charge on any atom is 0.336 e. The molecule has 1 fully saturated rings. The van der Waals surface area contributed by atoms with Crippen LogP contribution < -0.4 is 14.8 Å². The summed E-state index contributed by atoms with van der Waals surface area (Å²) in [7, 11) is 3.11. The van der Waals surface area contributed by atoms with Crippen LogP contribution in [0, 0.1) is 0 Å². The minimum Gasteiger partial charge on any atom is -0.502 e. The topological polar surface area (TPSA) is 199 Å². The second-order valence-electron chi connectivity index (χ2n) is 12.0. The molecule has 1 aliphatic rings. The number of carbonyl (C=O) groups is 3. The summed E-state index contributed by atoms with van der Waals surface area (Å²) in [6.07, 6.45) is 1.63. The number of aromatic nitrogens is 1. The van der Waals surface area contributed by atoms with Crippen molar-refractivity contribution in [3.63, 3.8) is 0 Å². The van der Waals surface area contributed by atoms with Gasteiger partial charge in [-0.25, -0.2) is 4.79 Å². The van der Waals surface area contributed by atoms with E-state index in [2.05, 4.69) is 49.0 Å². The molecule has 13 nitrogen and oxygen atoms in total. The minimum absolute atomic E-state index is 0.0316. The molecule has 0 radical (unpaired) electrons. The van der Waals surface area contributed by atoms with E-state index in [1.54, 1.807) is 14.2 Å². The van der Waals surface area contributed by atoms with E-state index in [1.165, 1.54) is 0 Å². The normalized spacial score (nSPS) is 16.1. The highest BCUT2D eigenvalue weighted by atomic mass is 16.5. The number of carboxylic acids is 3.